The van der Waals surface area contributed by atoms with E-state index in [0.29, 0.717) is 16.6 Å². The first kappa shape index (κ1) is 14.0. The van der Waals surface area contributed by atoms with E-state index in [1.54, 1.807) is 36.4 Å². The molecule has 0 aliphatic carbocycles. The smallest absolute Gasteiger partial charge is 0.407 e. The molecule has 2 aromatic carbocycles. The van der Waals surface area contributed by atoms with E-state index in [-0.39, 0.29) is 11.4 Å². The predicted molar refractivity (Wildman–Crippen MR) is 81.4 cm³/mol. The Morgan fingerprint density at radius 3 is 2.27 bits per heavy atom. The zero-order valence-electron chi connectivity index (χ0n) is 12.1. The fourth-order valence-electron chi connectivity index (χ4n) is 2.26. The van der Waals surface area contributed by atoms with Crippen molar-refractivity contribution in [2.75, 3.05) is 0 Å². The van der Waals surface area contributed by atoms with Crippen LogP contribution in [0.25, 0.3) is 11.1 Å². The minimum Gasteiger partial charge on any atom is -0.407 e. The average molecular weight is 295 g/mol. The fraction of sp³-hybridized carbons (Fsp3) is 0.118. The number of carbonyl (C=O) groups excluding carboxylic acids is 2. The number of nitrogens with zero attached hydrogens (tertiary/aromatic N) is 1. The van der Waals surface area contributed by atoms with Gasteiger partial charge < -0.3 is 4.42 Å². The number of hydrogen-bond donors (Lipinski definition) is 0. The van der Waals surface area contributed by atoms with Crippen LogP contribution in [0, 0.1) is 6.92 Å². The van der Waals surface area contributed by atoms with E-state index in [4.69, 9.17) is 4.42 Å². The monoisotopic (exact) mass is 295 g/mol. The Morgan fingerprint density at radius 2 is 1.64 bits per heavy atom. The van der Waals surface area contributed by atoms with Gasteiger partial charge in [0.2, 0.25) is 0 Å². The summed E-state index contributed by atoms with van der Waals surface area (Å²) in [6, 6.07) is 11.5. The molecule has 1 heterocycles. The highest BCUT2D eigenvalue weighted by molar-refractivity contribution is 6.02. The van der Waals surface area contributed by atoms with E-state index in [2.05, 4.69) is 0 Å². The second kappa shape index (κ2) is 5.11. The molecule has 0 saturated heterocycles. The van der Waals surface area contributed by atoms with Gasteiger partial charge in [-0.15, -0.1) is 0 Å². The Hall–Kier alpha value is -2.95. The number of rotatable bonds is 2. The van der Waals surface area contributed by atoms with E-state index in [1.165, 1.54) is 13.0 Å². The molecule has 0 fully saturated rings. The highest BCUT2D eigenvalue weighted by Crippen LogP contribution is 2.17. The van der Waals surface area contributed by atoms with Crippen molar-refractivity contribution in [2.45, 2.75) is 13.8 Å². The molecule has 0 atom stereocenters. The Labute approximate surface area is 125 Å². The first-order valence-corrected chi connectivity index (χ1v) is 6.75. The lowest BCUT2D eigenvalue weighted by Gasteiger charge is -2.02. The number of fused-ring (bicyclic) bond motifs is 1. The van der Waals surface area contributed by atoms with Gasteiger partial charge in [0.25, 0.3) is 5.91 Å². The fourth-order valence-corrected chi connectivity index (χ4v) is 2.26. The second-order valence-corrected chi connectivity index (χ2v) is 5.11. The van der Waals surface area contributed by atoms with Crippen LogP contribution >= 0.6 is 0 Å². The lowest BCUT2D eigenvalue weighted by molar-refractivity contribution is 0.0955. The van der Waals surface area contributed by atoms with E-state index < -0.39 is 11.7 Å². The molecule has 22 heavy (non-hydrogen) atoms. The molecule has 5 heteroatoms. The van der Waals surface area contributed by atoms with Gasteiger partial charge in [0.05, 0.1) is 5.52 Å². The van der Waals surface area contributed by atoms with Gasteiger partial charge in [-0.3, -0.25) is 9.59 Å². The standard InChI is InChI=1S/C17H13NO4/c1-10-3-5-12(6-4-10)16(20)18-14-8-7-13(11(2)19)9-15(14)22-17(18)21/h3-9H,1-2H3. The van der Waals surface area contributed by atoms with Gasteiger partial charge in [0, 0.05) is 11.1 Å². The summed E-state index contributed by atoms with van der Waals surface area (Å²) in [7, 11) is 0. The third-order valence-electron chi connectivity index (χ3n) is 3.49. The lowest BCUT2D eigenvalue weighted by atomic mass is 10.1. The van der Waals surface area contributed by atoms with Crippen molar-refractivity contribution in [3.63, 3.8) is 0 Å². The molecule has 110 valence electrons. The third-order valence-corrected chi connectivity index (χ3v) is 3.49. The summed E-state index contributed by atoms with van der Waals surface area (Å²) in [6.07, 6.45) is 0. The van der Waals surface area contributed by atoms with Gasteiger partial charge in [0.1, 0.15) is 0 Å². The molecule has 0 radical (unpaired) electrons. The Bertz CT molecular complexity index is 945. The normalized spacial score (nSPS) is 10.8. The molecule has 0 bridgehead atoms. The number of oxazole rings is 1. The van der Waals surface area contributed by atoms with Crippen LogP contribution in [-0.4, -0.2) is 16.3 Å². The van der Waals surface area contributed by atoms with Crippen molar-refractivity contribution >= 4 is 22.8 Å². The van der Waals surface area contributed by atoms with Crippen LogP contribution in [0.4, 0.5) is 0 Å². The van der Waals surface area contributed by atoms with Gasteiger partial charge in [-0.25, -0.2) is 9.36 Å². The summed E-state index contributed by atoms with van der Waals surface area (Å²) in [5.74, 6) is -1.36. The van der Waals surface area contributed by atoms with Crippen LogP contribution in [-0.2, 0) is 0 Å². The summed E-state index contributed by atoms with van der Waals surface area (Å²) >= 11 is 0. The molecule has 0 N–H and O–H groups in total. The second-order valence-electron chi connectivity index (χ2n) is 5.11. The minimum atomic E-state index is -0.763. The maximum absolute atomic E-state index is 12.5. The van der Waals surface area contributed by atoms with Crippen LogP contribution < -0.4 is 5.76 Å². The van der Waals surface area contributed by atoms with E-state index in [1.807, 2.05) is 6.92 Å². The molecule has 0 amide bonds. The molecular weight excluding hydrogens is 282 g/mol. The SMILES string of the molecule is CC(=O)c1ccc2c(c1)oc(=O)n2C(=O)c1ccc(C)cc1. The van der Waals surface area contributed by atoms with Crippen molar-refractivity contribution < 1.29 is 14.0 Å². The topological polar surface area (TPSA) is 69.3 Å². The number of hydrogen-bond acceptors (Lipinski definition) is 4. The first-order chi connectivity index (χ1) is 10.5. The van der Waals surface area contributed by atoms with Crippen molar-refractivity contribution in [1.29, 1.82) is 0 Å². The number of aryl methyl sites for hydroxylation is 1. The molecule has 0 saturated carbocycles. The highest BCUT2D eigenvalue weighted by Gasteiger charge is 2.18. The van der Waals surface area contributed by atoms with Crippen molar-refractivity contribution in [3.8, 4) is 0 Å². The summed E-state index contributed by atoms with van der Waals surface area (Å²) in [6.45, 7) is 3.34. The maximum atomic E-state index is 12.5. The zero-order chi connectivity index (χ0) is 15.9. The highest BCUT2D eigenvalue weighted by atomic mass is 16.4. The molecule has 1 aromatic heterocycles. The van der Waals surface area contributed by atoms with Crippen LogP contribution in [0.5, 0.6) is 0 Å². The Kier molecular flexibility index (Phi) is 3.25. The number of carbonyl (C=O) groups is 2. The van der Waals surface area contributed by atoms with Crippen LogP contribution in [0.1, 0.15) is 33.2 Å². The van der Waals surface area contributed by atoms with Gasteiger partial charge in [-0.2, -0.15) is 0 Å². The van der Waals surface area contributed by atoms with Crippen molar-refractivity contribution in [3.05, 3.63) is 69.7 Å². The molecular formula is C17H13NO4. The maximum Gasteiger partial charge on any atom is 0.427 e. The van der Waals surface area contributed by atoms with Gasteiger partial charge in [-0.1, -0.05) is 17.7 Å². The van der Waals surface area contributed by atoms with Crippen LogP contribution in [0.3, 0.4) is 0 Å². The van der Waals surface area contributed by atoms with Gasteiger partial charge in [-0.05, 0) is 44.2 Å². The molecule has 3 rings (SSSR count). The van der Waals surface area contributed by atoms with E-state index >= 15 is 0 Å². The van der Waals surface area contributed by atoms with Gasteiger partial charge in [0.15, 0.2) is 11.4 Å². The summed E-state index contributed by atoms with van der Waals surface area (Å²) in [5, 5.41) is 0. The third kappa shape index (κ3) is 2.26. The molecule has 5 nitrogen and oxygen atoms in total. The number of benzene rings is 2. The molecule has 0 aliphatic rings. The Balaban J connectivity index is 2.16. The quantitative estimate of drug-likeness (QED) is 0.682. The Morgan fingerprint density at radius 1 is 1.00 bits per heavy atom. The molecule has 3 aromatic rings. The van der Waals surface area contributed by atoms with E-state index in [0.717, 1.165) is 10.1 Å². The zero-order valence-corrected chi connectivity index (χ0v) is 12.1. The van der Waals surface area contributed by atoms with Crippen molar-refractivity contribution in [1.82, 2.24) is 4.57 Å². The van der Waals surface area contributed by atoms with Crippen LogP contribution in [0.15, 0.2) is 51.7 Å². The van der Waals surface area contributed by atoms with Gasteiger partial charge >= 0.3 is 5.76 Å². The number of aromatic nitrogens is 1. The average Bonchev–Trinajstić information content (AvgIpc) is 2.82. The van der Waals surface area contributed by atoms with Crippen LogP contribution in [0.2, 0.25) is 0 Å². The van der Waals surface area contributed by atoms with E-state index in [9.17, 15) is 14.4 Å². The molecule has 0 spiro atoms. The minimum absolute atomic E-state index is 0.137. The summed E-state index contributed by atoms with van der Waals surface area (Å²) in [5.41, 5.74) is 2.41. The predicted octanol–water partition coefficient (Wildman–Crippen LogP) is 2.79. The number of ketones is 1. The number of Topliss-reactive ketones (excluding diaryl/α,β-unsaturated/α-hetero) is 1. The lowest BCUT2D eigenvalue weighted by Crippen LogP contribution is -2.23. The van der Waals surface area contributed by atoms with Crippen molar-refractivity contribution in [2.24, 2.45) is 0 Å². The summed E-state index contributed by atoms with van der Waals surface area (Å²) in [4.78, 5) is 35.9. The first-order valence-electron chi connectivity index (χ1n) is 6.75. The summed E-state index contributed by atoms with van der Waals surface area (Å²) < 4.78 is 6.07. The molecule has 0 unspecified atom stereocenters. The molecule has 0 aliphatic heterocycles. The largest absolute Gasteiger partial charge is 0.427 e.